The number of fused-ring (bicyclic) bond motifs is 8. The zero-order valence-electron chi connectivity index (χ0n) is 41.0. The maximum absolute atomic E-state index is 16.5. The zero-order valence-corrected chi connectivity index (χ0v) is 41.0. The van der Waals surface area contributed by atoms with Gasteiger partial charge in [0.05, 0.1) is 11.0 Å². The number of rotatable bonds is 4. The third-order valence-electron chi connectivity index (χ3n) is 24.6. The Morgan fingerprint density at radius 3 is 2.60 bits per heavy atom. The summed E-state index contributed by atoms with van der Waals surface area (Å²) >= 11 is 0. The molecule has 16 unspecified atom stereocenters. The molecule has 8 fully saturated rings. The summed E-state index contributed by atoms with van der Waals surface area (Å²) in [4.78, 5) is 37.8. The lowest BCUT2D eigenvalue weighted by Gasteiger charge is -2.74. The van der Waals surface area contributed by atoms with Gasteiger partial charge in [0.15, 0.2) is 11.4 Å². The van der Waals surface area contributed by atoms with Crippen LogP contribution in [0, 0.1) is 74.9 Å². The quantitative estimate of drug-likeness (QED) is 0.227. The molecule has 1 aromatic rings. The molecule has 0 amide bonds. The number of benzene rings is 1. The van der Waals surface area contributed by atoms with Crippen LogP contribution < -0.4 is 5.73 Å². The van der Waals surface area contributed by atoms with E-state index in [1.165, 1.54) is 95.6 Å². The summed E-state index contributed by atoms with van der Waals surface area (Å²) in [6, 6.07) is 7.71. The third kappa shape index (κ3) is 4.51. The first kappa shape index (κ1) is 41.3. The van der Waals surface area contributed by atoms with Crippen LogP contribution in [0.1, 0.15) is 170 Å². The number of aryl methyl sites for hydroxylation is 1. The Morgan fingerprint density at radius 1 is 0.882 bits per heavy atom. The highest BCUT2D eigenvalue weighted by molar-refractivity contribution is 6.00. The minimum Gasteiger partial charge on any atom is -0.508 e. The van der Waals surface area contributed by atoms with Gasteiger partial charge in [-0.25, -0.2) is 4.79 Å². The van der Waals surface area contributed by atoms with Crippen molar-refractivity contribution in [3.63, 3.8) is 0 Å². The minimum atomic E-state index is -1.13. The van der Waals surface area contributed by atoms with Crippen molar-refractivity contribution in [3.05, 3.63) is 80.5 Å². The highest BCUT2D eigenvalue weighted by Crippen LogP contribution is 2.89. The van der Waals surface area contributed by atoms with Gasteiger partial charge in [-0.15, -0.1) is 0 Å². The van der Waals surface area contributed by atoms with E-state index in [0.717, 1.165) is 62.6 Å². The van der Waals surface area contributed by atoms with Gasteiger partial charge in [-0.1, -0.05) is 74.1 Å². The van der Waals surface area contributed by atoms with Crippen molar-refractivity contribution in [2.75, 3.05) is 19.6 Å². The molecular weight excluding hydrogens is 843 g/mol. The van der Waals surface area contributed by atoms with Crippen LogP contribution in [-0.4, -0.2) is 64.6 Å². The summed E-state index contributed by atoms with van der Waals surface area (Å²) in [5.41, 5.74) is 14.2. The van der Waals surface area contributed by atoms with Crippen LogP contribution >= 0.6 is 0 Å². The van der Waals surface area contributed by atoms with Crippen LogP contribution in [-0.2, 0) is 26.3 Å². The SMILES string of the molecule is CC1C=C2CCC34CC2C2=C5CCC67C(=C(O)C8CCC9C%10CC(CN9C8C8CCCC9(CCCC9)C8)C8CCC(=C(C53)N8C%10)CC4C)OC(=O)C26C(C1)C71OC(=O)c2c(CCCN)cccc21. The van der Waals surface area contributed by atoms with E-state index in [1.807, 2.05) is 0 Å². The fraction of sp³-hybridized carbons (Fsp3) is 0.733. The Balaban J connectivity index is 1.01. The molecule has 8 aliphatic carbocycles. The van der Waals surface area contributed by atoms with E-state index in [0.29, 0.717) is 83.6 Å². The summed E-state index contributed by atoms with van der Waals surface area (Å²) in [5.74, 6) is 3.07. The van der Waals surface area contributed by atoms with E-state index in [9.17, 15) is 5.11 Å². The van der Waals surface area contributed by atoms with Gasteiger partial charge in [0.2, 0.25) is 0 Å². The number of nitrogens with zero attached hydrogens (tertiary/aromatic N) is 2. The maximum Gasteiger partial charge on any atom is 0.339 e. The van der Waals surface area contributed by atoms with Gasteiger partial charge in [0.25, 0.3) is 0 Å². The van der Waals surface area contributed by atoms with E-state index < -0.39 is 16.4 Å². The maximum atomic E-state index is 16.5. The van der Waals surface area contributed by atoms with E-state index in [4.69, 9.17) is 15.2 Å². The van der Waals surface area contributed by atoms with Crippen molar-refractivity contribution in [3.8, 4) is 0 Å². The molecule has 9 bridgehead atoms. The first-order valence-electron chi connectivity index (χ1n) is 28.5. The molecule has 3 N–H and O–H groups in total. The molecule has 16 atom stereocenters. The molecule has 7 aliphatic heterocycles. The first-order valence-corrected chi connectivity index (χ1v) is 28.5. The van der Waals surface area contributed by atoms with Gasteiger partial charge < -0.3 is 25.2 Å². The highest BCUT2D eigenvalue weighted by atomic mass is 16.6. The van der Waals surface area contributed by atoms with E-state index in [-0.39, 0.29) is 47.1 Å². The van der Waals surface area contributed by atoms with Gasteiger partial charge in [-0.2, -0.15) is 0 Å². The Kier molecular flexibility index (Phi) is 8.24. The second-order valence-electron chi connectivity index (χ2n) is 26.7. The fourth-order valence-electron chi connectivity index (χ4n) is 22.7. The molecule has 8 heteroatoms. The van der Waals surface area contributed by atoms with Gasteiger partial charge in [0.1, 0.15) is 11.2 Å². The molecular formula is C60H75N3O5. The average molecular weight is 918 g/mol. The van der Waals surface area contributed by atoms with Crippen LogP contribution in [0.5, 0.6) is 0 Å². The highest BCUT2D eigenvalue weighted by Gasteiger charge is 2.94. The van der Waals surface area contributed by atoms with Crippen LogP contribution in [0.3, 0.4) is 0 Å². The lowest BCUT2D eigenvalue weighted by molar-refractivity contribution is -0.283. The van der Waals surface area contributed by atoms with Crippen molar-refractivity contribution in [1.82, 2.24) is 9.80 Å². The zero-order chi connectivity index (χ0) is 45.4. The summed E-state index contributed by atoms with van der Waals surface area (Å²) < 4.78 is 14.7. The molecule has 15 aliphatic rings. The van der Waals surface area contributed by atoms with Crippen LogP contribution in [0.25, 0.3) is 0 Å². The molecule has 0 aromatic heterocycles. The van der Waals surface area contributed by atoms with E-state index >= 15 is 9.59 Å². The monoisotopic (exact) mass is 918 g/mol. The summed E-state index contributed by atoms with van der Waals surface area (Å²) in [7, 11) is 0. The Morgan fingerprint density at radius 2 is 1.74 bits per heavy atom. The molecule has 7 heterocycles. The van der Waals surface area contributed by atoms with Crippen molar-refractivity contribution < 1.29 is 24.2 Å². The number of hydrogen-bond donors (Lipinski definition) is 2. The number of aliphatic hydroxyl groups excluding tert-OH is 1. The van der Waals surface area contributed by atoms with Gasteiger partial charge >= 0.3 is 11.9 Å². The standard InChI is InChI=1S/C60H75N3O5/c1-32-24-35-16-21-57-29-42(35)48-40-17-22-58-53(67-55(66)59(48,58)46(25-32)60(58)43-11-5-8-34(10-7-23-61)47(43)54(65)68-60)52(64)41-13-15-45-39-27-38(44-14-12-36(26-33(57)2)51(49(40)57)63(44)31-39)30-62(45)50(41)37-9-6-20-56(28-37)18-3-4-19-56/h5,8,11,24,32-33,37-39,41-42,44-46,49-50,64H,3-4,6-7,9-10,12-23,25-31,61H2,1-2H3. The van der Waals surface area contributed by atoms with Crippen molar-refractivity contribution in [2.45, 2.75) is 179 Å². The third-order valence-corrected chi connectivity index (χ3v) is 24.6. The summed E-state index contributed by atoms with van der Waals surface area (Å²) in [6.07, 6.45) is 27.4. The second-order valence-corrected chi connectivity index (χ2v) is 26.7. The smallest absolute Gasteiger partial charge is 0.339 e. The Hall–Kier alpha value is -3.36. The van der Waals surface area contributed by atoms with E-state index in [1.54, 1.807) is 22.4 Å². The van der Waals surface area contributed by atoms with Crippen molar-refractivity contribution in [2.24, 2.45) is 80.7 Å². The molecule has 68 heavy (non-hydrogen) atoms. The van der Waals surface area contributed by atoms with Crippen molar-refractivity contribution in [1.29, 1.82) is 0 Å². The number of aliphatic hydroxyl groups is 1. The average Bonchev–Trinajstić information content (AvgIpc) is 4.00. The lowest BCUT2D eigenvalue weighted by atomic mass is 9.26. The van der Waals surface area contributed by atoms with Gasteiger partial charge in [-0.05, 0) is 180 Å². The largest absolute Gasteiger partial charge is 0.508 e. The van der Waals surface area contributed by atoms with Crippen molar-refractivity contribution >= 4 is 11.9 Å². The number of nitrogens with two attached hydrogens (primary N) is 1. The normalized spacial score (nSPS) is 48.2. The Bertz CT molecular complexity index is 2620. The van der Waals surface area contributed by atoms with Crippen LogP contribution in [0.15, 0.2) is 63.8 Å². The topological polar surface area (TPSA) is 105 Å². The summed E-state index contributed by atoms with van der Waals surface area (Å²) in [5, 5.41) is 14.1. The predicted octanol–water partition coefficient (Wildman–Crippen LogP) is 11.0. The number of carbonyl (C=O) groups excluding carboxylic acids is 2. The van der Waals surface area contributed by atoms with Crippen LogP contribution in [0.4, 0.5) is 0 Å². The number of esters is 2. The molecule has 8 nitrogen and oxygen atoms in total. The molecule has 1 aromatic carbocycles. The lowest BCUT2D eigenvalue weighted by Crippen LogP contribution is -2.78. The molecule has 360 valence electrons. The number of ether oxygens (including phenoxy) is 2. The molecule has 4 saturated carbocycles. The number of carbonyl (C=O) groups is 2. The number of allylic oxidation sites excluding steroid dienone is 4. The van der Waals surface area contributed by atoms with Gasteiger partial charge in [-0.3, -0.25) is 9.69 Å². The van der Waals surface area contributed by atoms with E-state index in [2.05, 4.69) is 47.9 Å². The first-order chi connectivity index (χ1) is 33.1. The minimum absolute atomic E-state index is 0.125. The summed E-state index contributed by atoms with van der Waals surface area (Å²) in [6.45, 7) is 7.84. The molecule has 16 rings (SSSR count). The number of piperidine rings is 3. The fourth-order valence-corrected chi connectivity index (χ4v) is 22.7. The van der Waals surface area contributed by atoms with Crippen LogP contribution in [0.2, 0.25) is 0 Å². The molecule has 4 saturated heterocycles. The predicted molar refractivity (Wildman–Crippen MR) is 258 cm³/mol. The molecule has 5 spiro atoms. The number of hydrogen-bond acceptors (Lipinski definition) is 8. The second kappa shape index (κ2) is 13.6. The molecule has 0 radical (unpaired) electrons. The Labute approximate surface area is 403 Å². The van der Waals surface area contributed by atoms with Gasteiger partial charge in [0, 0.05) is 66.1 Å².